The molecule has 3 nitrogen and oxygen atoms in total. The van der Waals surface area contributed by atoms with Crippen molar-refractivity contribution in [1.82, 2.24) is 4.90 Å². The number of rotatable bonds is 4. The summed E-state index contributed by atoms with van der Waals surface area (Å²) in [4.78, 5) is 13.4. The van der Waals surface area contributed by atoms with E-state index in [-0.39, 0.29) is 5.91 Å². The lowest BCUT2D eigenvalue weighted by Gasteiger charge is -2.39. The van der Waals surface area contributed by atoms with Crippen LogP contribution in [0.1, 0.15) is 35.2 Å². The molecular formula is C13H18N2O. The van der Waals surface area contributed by atoms with Gasteiger partial charge in [0.1, 0.15) is 0 Å². The molecule has 1 aromatic rings. The van der Waals surface area contributed by atoms with Crippen LogP contribution in [0.15, 0.2) is 24.3 Å². The third kappa shape index (κ3) is 2.25. The van der Waals surface area contributed by atoms with Crippen LogP contribution < -0.4 is 5.73 Å². The summed E-state index contributed by atoms with van der Waals surface area (Å²) >= 11 is 0. The fourth-order valence-electron chi connectivity index (χ4n) is 2.20. The highest BCUT2D eigenvalue weighted by Gasteiger charge is 2.26. The summed E-state index contributed by atoms with van der Waals surface area (Å²) in [6.07, 6.45) is 1.22. The molecule has 1 aromatic carbocycles. The van der Waals surface area contributed by atoms with Crippen molar-refractivity contribution in [2.24, 2.45) is 5.73 Å². The monoisotopic (exact) mass is 218 g/mol. The topological polar surface area (TPSA) is 46.3 Å². The highest BCUT2D eigenvalue weighted by Crippen LogP contribution is 2.26. The zero-order valence-electron chi connectivity index (χ0n) is 9.65. The molecular weight excluding hydrogens is 200 g/mol. The second-order valence-corrected chi connectivity index (χ2v) is 4.44. The Morgan fingerprint density at radius 1 is 1.38 bits per heavy atom. The van der Waals surface area contributed by atoms with Gasteiger partial charge >= 0.3 is 0 Å². The van der Waals surface area contributed by atoms with Crippen LogP contribution in [0.4, 0.5) is 0 Å². The molecule has 1 amide bonds. The molecule has 0 saturated carbocycles. The van der Waals surface area contributed by atoms with Crippen molar-refractivity contribution in [1.29, 1.82) is 0 Å². The third-order valence-corrected chi connectivity index (χ3v) is 3.16. The fourth-order valence-corrected chi connectivity index (χ4v) is 2.20. The largest absolute Gasteiger partial charge is 0.366 e. The van der Waals surface area contributed by atoms with Gasteiger partial charge in [0.05, 0.1) is 0 Å². The molecule has 0 radical (unpaired) electrons. The number of benzene rings is 1. The van der Waals surface area contributed by atoms with E-state index in [2.05, 4.69) is 11.8 Å². The first-order chi connectivity index (χ1) is 7.70. The minimum Gasteiger partial charge on any atom is -0.366 e. The summed E-state index contributed by atoms with van der Waals surface area (Å²) in [5.41, 5.74) is 7.11. The van der Waals surface area contributed by atoms with Gasteiger partial charge in [0.2, 0.25) is 5.91 Å². The summed E-state index contributed by atoms with van der Waals surface area (Å²) in [6, 6.07) is 7.68. The number of hydrogen-bond acceptors (Lipinski definition) is 2. The van der Waals surface area contributed by atoms with Crippen LogP contribution in [-0.2, 0) is 0 Å². The van der Waals surface area contributed by atoms with Gasteiger partial charge in [-0.2, -0.15) is 0 Å². The van der Waals surface area contributed by atoms with Crippen LogP contribution in [-0.4, -0.2) is 30.4 Å². The van der Waals surface area contributed by atoms with Gasteiger partial charge in [-0.05, 0) is 30.7 Å². The van der Waals surface area contributed by atoms with E-state index in [1.165, 1.54) is 18.5 Å². The SMILES string of the molecule is CCCN1CC(c2ccc(C(N)=O)cc2)C1. The van der Waals surface area contributed by atoms with E-state index >= 15 is 0 Å². The minimum absolute atomic E-state index is 0.354. The van der Waals surface area contributed by atoms with E-state index in [4.69, 9.17) is 5.73 Å². The quantitative estimate of drug-likeness (QED) is 0.834. The molecule has 2 rings (SSSR count). The van der Waals surface area contributed by atoms with E-state index in [9.17, 15) is 4.79 Å². The Morgan fingerprint density at radius 3 is 2.50 bits per heavy atom. The summed E-state index contributed by atoms with van der Waals surface area (Å²) in [7, 11) is 0. The molecule has 1 heterocycles. The van der Waals surface area contributed by atoms with Crippen molar-refractivity contribution in [2.75, 3.05) is 19.6 Å². The predicted molar refractivity (Wildman–Crippen MR) is 64.4 cm³/mol. The Morgan fingerprint density at radius 2 is 2.00 bits per heavy atom. The van der Waals surface area contributed by atoms with Crippen molar-refractivity contribution in [3.63, 3.8) is 0 Å². The second kappa shape index (κ2) is 4.66. The zero-order chi connectivity index (χ0) is 11.5. The highest BCUT2D eigenvalue weighted by atomic mass is 16.1. The molecule has 1 aliphatic rings. The molecule has 16 heavy (non-hydrogen) atoms. The summed E-state index contributed by atoms with van der Waals surface area (Å²) < 4.78 is 0. The number of primary amides is 1. The molecule has 0 aliphatic carbocycles. The first-order valence-electron chi connectivity index (χ1n) is 5.83. The average molecular weight is 218 g/mol. The fraction of sp³-hybridized carbons (Fsp3) is 0.462. The predicted octanol–water partition coefficient (Wildman–Crippen LogP) is 1.59. The number of nitrogens with zero attached hydrogens (tertiary/aromatic N) is 1. The Kier molecular flexibility index (Phi) is 3.25. The Labute approximate surface area is 96.2 Å². The van der Waals surface area contributed by atoms with Crippen LogP contribution in [0.2, 0.25) is 0 Å². The molecule has 0 aromatic heterocycles. The van der Waals surface area contributed by atoms with Gasteiger partial charge in [0, 0.05) is 24.6 Å². The molecule has 0 spiro atoms. The number of carbonyl (C=O) groups excluding carboxylic acids is 1. The van der Waals surface area contributed by atoms with Crippen molar-refractivity contribution in [2.45, 2.75) is 19.3 Å². The first kappa shape index (κ1) is 11.1. The highest BCUT2D eigenvalue weighted by molar-refractivity contribution is 5.92. The Hall–Kier alpha value is -1.35. The van der Waals surface area contributed by atoms with Gasteiger partial charge in [0.15, 0.2) is 0 Å². The normalized spacial score (nSPS) is 17.1. The summed E-state index contributed by atoms with van der Waals surface area (Å²) in [5, 5.41) is 0. The molecule has 86 valence electrons. The van der Waals surface area contributed by atoms with E-state index in [0.29, 0.717) is 11.5 Å². The van der Waals surface area contributed by atoms with E-state index in [1.807, 2.05) is 24.3 Å². The van der Waals surface area contributed by atoms with Crippen LogP contribution in [0, 0.1) is 0 Å². The molecule has 1 saturated heterocycles. The van der Waals surface area contributed by atoms with Crippen molar-refractivity contribution in [3.8, 4) is 0 Å². The zero-order valence-corrected chi connectivity index (χ0v) is 9.65. The molecule has 0 unspecified atom stereocenters. The molecule has 3 heteroatoms. The van der Waals surface area contributed by atoms with E-state index in [1.54, 1.807) is 0 Å². The number of nitrogens with two attached hydrogens (primary N) is 1. The Bertz CT molecular complexity index is 366. The second-order valence-electron chi connectivity index (χ2n) is 4.44. The van der Waals surface area contributed by atoms with Crippen molar-refractivity contribution < 1.29 is 4.79 Å². The van der Waals surface area contributed by atoms with Crippen LogP contribution in [0.3, 0.4) is 0 Å². The lowest BCUT2D eigenvalue weighted by molar-refractivity contribution is 0.1000. The molecule has 1 aliphatic heterocycles. The van der Waals surface area contributed by atoms with Crippen molar-refractivity contribution >= 4 is 5.91 Å². The van der Waals surface area contributed by atoms with Gasteiger partial charge in [-0.3, -0.25) is 4.79 Å². The van der Waals surface area contributed by atoms with Crippen LogP contribution in [0.25, 0.3) is 0 Å². The lowest BCUT2D eigenvalue weighted by Crippen LogP contribution is -2.45. The van der Waals surface area contributed by atoms with Crippen LogP contribution in [0.5, 0.6) is 0 Å². The maximum atomic E-state index is 10.9. The molecule has 0 bridgehead atoms. The van der Waals surface area contributed by atoms with Gasteiger partial charge in [0.25, 0.3) is 0 Å². The maximum absolute atomic E-state index is 10.9. The standard InChI is InChI=1S/C13H18N2O/c1-2-7-15-8-12(9-15)10-3-5-11(6-4-10)13(14)16/h3-6,12H,2,7-9H2,1H3,(H2,14,16). The smallest absolute Gasteiger partial charge is 0.248 e. The Balaban J connectivity index is 1.94. The van der Waals surface area contributed by atoms with Gasteiger partial charge < -0.3 is 10.6 Å². The molecule has 2 N–H and O–H groups in total. The molecule has 0 atom stereocenters. The number of hydrogen-bond donors (Lipinski definition) is 1. The number of likely N-dealkylation sites (tertiary alicyclic amines) is 1. The number of carbonyl (C=O) groups is 1. The minimum atomic E-state index is -0.354. The third-order valence-electron chi connectivity index (χ3n) is 3.16. The van der Waals surface area contributed by atoms with E-state index < -0.39 is 0 Å². The average Bonchev–Trinajstić information content (AvgIpc) is 2.23. The van der Waals surface area contributed by atoms with Gasteiger partial charge in [-0.15, -0.1) is 0 Å². The first-order valence-corrected chi connectivity index (χ1v) is 5.83. The number of amides is 1. The molecule has 1 fully saturated rings. The van der Waals surface area contributed by atoms with E-state index in [0.717, 1.165) is 13.1 Å². The summed E-state index contributed by atoms with van der Waals surface area (Å²) in [5.74, 6) is 0.279. The maximum Gasteiger partial charge on any atom is 0.248 e. The van der Waals surface area contributed by atoms with Gasteiger partial charge in [-0.1, -0.05) is 19.1 Å². The summed E-state index contributed by atoms with van der Waals surface area (Å²) in [6.45, 7) is 5.68. The van der Waals surface area contributed by atoms with Gasteiger partial charge in [-0.25, -0.2) is 0 Å². The van der Waals surface area contributed by atoms with Crippen molar-refractivity contribution in [3.05, 3.63) is 35.4 Å². The lowest BCUT2D eigenvalue weighted by atomic mass is 9.91. The van der Waals surface area contributed by atoms with Crippen LogP contribution >= 0.6 is 0 Å².